The van der Waals surface area contributed by atoms with Crippen LogP contribution in [0.15, 0.2) is 22.7 Å². The van der Waals surface area contributed by atoms with Crippen LogP contribution in [-0.4, -0.2) is 35.8 Å². The molecule has 1 amide bonds. The van der Waals surface area contributed by atoms with Gasteiger partial charge < -0.3 is 9.64 Å². The number of ether oxygens (including phenoxy) is 1. The molecule has 2 rings (SSSR count). The number of rotatable bonds is 5. The number of methoxy groups -OCH3 is 1. The molecule has 0 radical (unpaired) electrons. The topological polar surface area (TPSA) is 29.5 Å². The molecule has 1 saturated carbocycles. The van der Waals surface area contributed by atoms with Crippen LogP contribution in [0.2, 0.25) is 0 Å². The summed E-state index contributed by atoms with van der Waals surface area (Å²) in [5.74, 6) is 0.687. The van der Waals surface area contributed by atoms with Crippen molar-refractivity contribution < 1.29 is 9.53 Å². The average molecular weight is 391 g/mol. The normalized spacial score (nSPS) is 14.9. The Hall–Kier alpha value is -0.550. The zero-order valence-electron chi connectivity index (χ0n) is 10.9. The number of halogens is 2. The molecule has 1 fully saturated rings. The molecule has 0 aromatic heterocycles. The number of amides is 1. The fourth-order valence-corrected chi connectivity index (χ4v) is 2.96. The molecule has 3 nitrogen and oxygen atoms in total. The molecular weight excluding hydrogens is 374 g/mol. The van der Waals surface area contributed by atoms with Gasteiger partial charge in [-0.15, -0.1) is 0 Å². The molecule has 19 heavy (non-hydrogen) atoms. The molecule has 0 bridgehead atoms. The van der Waals surface area contributed by atoms with Gasteiger partial charge in [-0.2, -0.15) is 0 Å². The van der Waals surface area contributed by atoms with Crippen molar-refractivity contribution >= 4 is 37.8 Å². The Labute approximate surface area is 130 Å². The fraction of sp³-hybridized carbons (Fsp3) is 0.500. The van der Waals surface area contributed by atoms with E-state index in [2.05, 4.69) is 31.9 Å². The van der Waals surface area contributed by atoms with Crippen LogP contribution in [0.5, 0.6) is 5.75 Å². The highest BCUT2D eigenvalue weighted by Crippen LogP contribution is 2.30. The molecule has 0 atom stereocenters. The quantitative estimate of drug-likeness (QED) is 0.714. The van der Waals surface area contributed by atoms with E-state index in [0.29, 0.717) is 17.4 Å². The summed E-state index contributed by atoms with van der Waals surface area (Å²) >= 11 is 6.82. The zero-order chi connectivity index (χ0) is 13.8. The van der Waals surface area contributed by atoms with Gasteiger partial charge in [0.2, 0.25) is 0 Å². The Morgan fingerprint density at radius 2 is 2.21 bits per heavy atom. The summed E-state index contributed by atoms with van der Waals surface area (Å²) < 4.78 is 6.23. The summed E-state index contributed by atoms with van der Waals surface area (Å²) in [5, 5.41) is 0.800. The summed E-state index contributed by atoms with van der Waals surface area (Å²) in [6.45, 7) is 0.739. The molecule has 1 aliphatic rings. The van der Waals surface area contributed by atoms with E-state index in [4.69, 9.17) is 4.74 Å². The molecule has 0 heterocycles. The van der Waals surface area contributed by atoms with Crippen LogP contribution in [0.3, 0.4) is 0 Å². The minimum Gasteiger partial charge on any atom is -0.496 e. The van der Waals surface area contributed by atoms with Gasteiger partial charge in [0, 0.05) is 22.4 Å². The van der Waals surface area contributed by atoms with Gasteiger partial charge in [0.15, 0.2) is 0 Å². The van der Waals surface area contributed by atoms with Gasteiger partial charge in [-0.1, -0.05) is 31.9 Å². The van der Waals surface area contributed by atoms with Gasteiger partial charge in [-0.05, 0) is 37.5 Å². The van der Waals surface area contributed by atoms with Gasteiger partial charge in [0.05, 0.1) is 12.7 Å². The predicted molar refractivity (Wildman–Crippen MR) is 83.2 cm³/mol. The van der Waals surface area contributed by atoms with Crippen molar-refractivity contribution in [3.8, 4) is 5.75 Å². The molecule has 0 N–H and O–H groups in total. The number of carbonyl (C=O) groups excluding carboxylic acids is 1. The molecule has 1 aliphatic carbocycles. The first kappa shape index (κ1) is 14.9. The summed E-state index contributed by atoms with van der Waals surface area (Å²) in [6.07, 6.45) is 3.43. The van der Waals surface area contributed by atoms with Crippen molar-refractivity contribution in [1.29, 1.82) is 0 Å². The first-order chi connectivity index (χ1) is 9.17. The second-order valence-corrected chi connectivity index (χ2v) is 6.33. The van der Waals surface area contributed by atoms with Crippen LogP contribution >= 0.6 is 31.9 Å². The second kappa shape index (κ2) is 6.75. The van der Waals surface area contributed by atoms with Crippen molar-refractivity contribution in [2.24, 2.45) is 0 Å². The molecule has 1 aromatic carbocycles. The highest BCUT2D eigenvalue weighted by molar-refractivity contribution is 9.10. The SMILES string of the molecule is COc1cc(Br)ccc1C(=O)N(CCBr)C1CCC1. The largest absolute Gasteiger partial charge is 0.496 e. The molecular formula is C14H17Br2NO2. The Morgan fingerprint density at radius 3 is 2.74 bits per heavy atom. The highest BCUT2D eigenvalue weighted by Gasteiger charge is 2.30. The van der Waals surface area contributed by atoms with E-state index in [0.717, 1.165) is 29.2 Å². The smallest absolute Gasteiger partial charge is 0.257 e. The Morgan fingerprint density at radius 1 is 1.47 bits per heavy atom. The predicted octanol–water partition coefficient (Wildman–Crippen LogP) is 3.85. The lowest BCUT2D eigenvalue weighted by molar-refractivity contribution is 0.0596. The van der Waals surface area contributed by atoms with E-state index in [-0.39, 0.29) is 5.91 Å². The van der Waals surface area contributed by atoms with E-state index < -0.39 is 0 Å². The van der Waals surface area contributed by atoms with Gasteiger partial charge in [-0.25, -0.2) is 0 Å². The maximum atomic E-state index is 12.7. The van der Waals surface area contributed by atoms with Crippen molar-refractivity contribution in [2.75, 3.05) is 19.0 Å². The standard InChI is InChI=1S/C14H17Br2NO2/c1-19-13-9-10(16)5-6-12(13)14(18)17(8-7-15)11-3-2-4-11/h5-6,9,11H,2-4,7-8H2,1H3. The molecule has 0 unspecified atom stereocenters. The van der Waals surface area contributed by atoms with Crippen molar-refractivity contribution in [3.05, 3.63) is 28.2 Å². The van der Waals surface area contributed by atoms with Crippen LogP contribution in [0.25, 0.3) is 0 Å². The van der Waals surface area contributed by atoms with Gasteiger partial charge >= 0.3 is 0 Å². The van der Waals surface area contributed by atoms with E-state index >= 15 is 0 Å². The maximum absolute atomic E-state index is 12.7. The number of hydrogen-bond donors (Lipinski definition) is 0. The third kappa shape index (κ3) is 3.31. The minimum atomic E-state index is 0.0634. The van der Waals surface area contributed by atoms with Gasteiger partial charge in [0.1, 0.15) is 5.75 Å². The lowest BCUT2D eigenvalue weighted by atomic mass is 9.91. The third-order valence-electron chi connectivity index (χ3n) is 3.50. The van der Waals surface area contributed by atoms with Crippen molar-refractivity contribution in [2.45, 2.75) is 25.3 Å². The number of benzene rings is 1. The number of hydrogen-bond acceptors (Lipinski definition) is 2. The van der Waals surface area contributed by atoms with Gasteiger partial charge in [-0.3, -0.25) is 4.79 Å². The van der Waals surface area contributed by atoms with E-state index in [9.17, 15) is 4.79 Å². The van der Waals surface area contributed by atoms with Crippen molar-refractivity contribution in [1.82, 2.24) is 4.90 Å². The number of alkyl halides is 1. The van der Waals surface area contributed by atoms with Crippen LogP contribution in [-0.2, 0) is 0 Å². The minimum absolute atomic E-state index is 0.0634. The molecule has 5 heteroatoms. The molecule has 0 spiro atoms. The first-order valence-electron chi connectivity index (χ1n) is 6.38. The summed E-state index contributed by atoms with van der Waals surface area (Å²) in [4.78, 5) is 14.6. The first-order valence-corrected chi connectivity index (χ1v) is 8.29. The number of carbonyl (C=O) groups is 1. The van der Waals surface area contributed by atoms with Crippen molar-refractivity contribution in [3.63, 3.8) is 0 Å². The van der Waals surface area contributed by atoms with Crippen LogP contribution < -0.4 is 4.74 Å². The van der Waals surface area contributed by atoms with E-state index in [1.165, 1.54) is 6.42 Å². The number of nitrogens with zero attached hydrogens (tertiary/aromatic N) is 1. The maximum Gasteiger partial charge on any atom is 0.257 e. The molecule has 104 valence electrons. The Bertz CT molecular complexity index is 461. The molecule has 1 aromatic rings. The average Bonchev–Trinajstić information content (AvgIpc) is 2.35. The fourth-order valence-electron chi connectivity index (χ4n) is 2.24. The third-order valence-corrected chi connectivity index (χ3v) is 4.34. The molecule has 0 aliphatic heterocycles. The second-order valence-electron chi connectivity index (χ2n) is 4.62. The summed E-state index contributed by atoms with van der Waals surface area (Å²) in [5.41, 5.74) is 0.638. The van der Waals surface area contributed by atoms with Crippen LogP contribution in [0, 0.1) is 0 Å². The Kier molecular flexibility index (Phi) is 5.28. The summed E-state index contributed by atoms with van der Waals surface area (Å²) in [7, 11) is 1.59. The highest BCUT2D eigenvalue weighted by atomic mass is 79.9. The van der Waals surface area contributed by atoms with E-state index in [1.807, 2.05) is 23.1 Å². The summed E-state index contributed by atoms with van der Waals surface area (Å²) in [6, 6.07) is 5.92. The Balaban J connectivity index is 2.25. The van der Waals surface area contributed by atoms with E-state index in [1.54, 1.807) is 7.11 Å². The monoisotopic (exact) mass is 389 g/mol. The van der Waals surface area contributed by atoms with Crippen LogP contribution in [0.4, 0.5) is 0 Å². The molecule has 0 saturated heterocycles. The zero-order valence-corrected chi connectivity index (χ0v) is 14.0. The lowest BCUT2D eigenvalue weighted by Crippen LogP contribution is -2.45. The lowest BCUT2D eigenvalue weighted by Gasteiger charge is -2.37. The van der Waals surface area contributed by atoms with Crippen LogP contribution in [0.1, 0.15) is 29.6 Å². The van der Waals surface area contributed by atoms with Gasteiger partial charge in [0.25, 0.3) is 5.91 Å².